The first-order valence-electron chi connectivity index (χ1n) is 9.02. The number of carbonyl (C=O) groups excluding carboxylic acids is 2. The van der Waals surface area contributed by atoms with Crippen LogP contribution >= 0.6 is 0 Å². The van der Waals surface area contributed by atoms with E-state index in [1.165, 1.54) is 16.8 Å². The molecule has 1 atom stereocenters. The van der Waals surface area contributed by atoms with Gasteiger partial charge in [0.15, 0.2) is 11.8 Å². The molecule has 2 amide bonds. The Morgan fingerprint density at radius 1 is 1.07 bits per heavy atom. The molecule has 1 unspecified atom stereocenters. The summed E-state index contributed by atoms with van der Waals surface area (Å²) in [6.07, 6.45) is -0.144. The number of carbonyl (C=O) groups is 2. The highest BCUT2D eigenvalue weighted by molar-refractivity contribution is 5.93. The Labute approximate surface area is 162 Å². The van der Waals surface area contributed by atoms with E-state index >= 15 is 0 Å². The van der Waals surface area contributed by atoms with Crippen LogP contribution in [0.2, 0.25) is 0 Å². The van der Waals surface area contributed by atoms with Crippen molar-refractivity contribution in [3.8, 4) is 11.5 Å². The fourth-order valence-corrected chi connectivity index (χ4v) is 2.26. The minimum absolute atomic E-state index is 0.0217. The first-order chi connectivity index (χ1) is 13.4. The summed E-state index contributed by atoms with van der Waals surface area (Å²) in [5.74, 6) is 0.0254. The molecule has 2 aromatic rings. The van der Waals surface area contributed by atoms with E-state index in [9.17, 15) is 14.4 Å². The van der Waals surface area contributed by atoms with Crippen LogP contribution in [0.15, 0.2) is 41.2 Å². The quantitative estimate of drug-likeness (QED) is 0.659. The number of nitrogens with zero attached hydrogens (tertiary/aromatic N) is 2. The van der Waals surface area contributed by atoms with Crippen molar-refractivity contribution in [2.24, 2.45) is 0 Å². The molecule has 1 aromatic heterocycles. The van der Waals surface area contributed by atoms with Crippen molar-refractivity contribution in [2.75, 3.05) is 6.61 Å². The maximum absolute atomic E-state index is 12.1. The van der Waals surface area contributed by atoms with Crippen molar-refractivity contribution < 1.29 is 19.1 Å². The summed E-state index contributed by atoms with van der Waals surface area (Å²) in [4.78, 5) is 35.9. The second kappa shape index (κ2) is 10.1. The molecule has 0 spiro atoms. The number of aryl methyl sites for hydroxylation is 1. The normalized spacial score (nSPS) is 11.4. The SMILES string of the molecule is CCCn1nc(C(=O)NNC(=O)C(C)Oc2ccc(OCC)cc2)ccc1=O. The number of benzene rings is 1. The molecule has 9 nitrogen and oxygen atoms in total. The van der Waals surface area contributed by atoms with Crippen LogP contribution in [0.1, 0.15) is 37.7 Å². The van der Waals surface area contributed by atoms with Gasteiger partial charge < -0.3 is 9.47 Å². The van der Waals surface area contributed by atoms with Gasteiger partial charge in [0.2, 0.25) is 0 Å². The Bertz CT molecular complexity index is 863. The first-order valence-corrected chi connectivity index (χ1v) is 9.02. The number of ether oxygens (including phenoxy) is 2. The van der Waals surface area contributed by atoms with Crippen molar-refractivity contribution in [1.29, 1.82) is 0 Å². The third-order valence-electron chi connectivity index (χ3n) is 3.65. The van der Waals surface area contributed by atoms with Crippen LogP contribution in [0.25, 0.3) is 0 Å². The maximum Gasteiger partial charge on any atom is 0.290 e. The zero-order valence-electron chi connectivity index (χ0n) is 16.1. The zero-order chi connectivity index (χ0) is 20.5. The molecule has 0 saturated carbocycles. The molecule has 1 aromatic carbocycles. The van der Waals surface area contributed by atoms with E-state index in [2.05, 4.69) is 16.0 Å². The lowest BCUT2D eigenvalue weighted by Gasteiger charge is -2.15. The molecular weight excluding hydrogens is 364 g/mol. The number of rotatable bonds is 8. The summed E-state index contributed by atoms with van der Waals surface area (Å²) >= 11 is 0. The first kappa shape index (κ1) is 20.9. The fraction of sp³-hybridized carbons (Fsp3) is 0.368. The highest BCUT2D eigenvalue weighted by Gasteiger charge is 2.17. The van der Waals surface area contributed by atoms with Crippen LogP contribution in [0.3, 0.4) is 0 Å². The van der Waals surface area contributed by atoms with E-state index in [1.807, 2.05) is 13.8 Å². The molecule has 0 bridgehead atoms. The number of hydrogen-bond donors (Lipinski definition) is 2. The van der Waals surface area contributed by atoms with Gasteiger partial charge in [0, 0.05) is 12.6 Å². The van der Waals surface area contributed by atoms with Gasteiger partial charge in [0.25, 0.3) is 17.4 Å². The van der Waals surface area contributed by atoms with E-state index in [-0.39, 0.29) is 11.3 Å². The summed E-state index contributed by atoms with van der Waals surface area (Å²) < 4.78 is 12.1. The number of hydrazine groups is 1. The minimum Gasteiger partial charge on any atom is -0.494 e. The molecule has 0 saturated heterocycles. The lowest BCUT2D eigenvalue weighted by atomic mass is 10.3. The van der Waals surface area contributed by atoms with Crippen molar-refractivity contribution in [2.45, 2.75) is 39.8 Å². The van der Waals surface area contributed by atoms with Crippen LogP contribution in [0.4, 0.5) is 0 Å². The molecule has 28 heavy (non-hydrogen) atoms. The van der Waals surface area contributed by atoms with Crippen molar-refractivity contribution in [3.63, 3.8) is 0 Å². The fourth-order valence-electron chi connectivity index (χ4n) is 2.26. The van der Waals surface area contributed by atoms with Gasteiger partial charge in [-0.05, 0) is 50.6 Å². The predicted molar refractivity (Wildman–Crippen MR) is 102 cm³/mol. The Balaban J connectivity index is 1.89. The highest BCUT2D eigenvalue weighted by atomic mass is 16.5. The summed E-state index contributed by atoms with van der Waals surface area (Å²) in [6, 6.07) is 9.42. The lowest BCUT2D eigenvalue weighted by molar-refractivity contribution is -0.128. The van der Waals surface area contributed by atoms with Gasteiger partial charge in [0.05, 0.1) is 6.61 Å². The number of nitrogens with one attached hydrogen (secondary N) is 2. The van der Waals surface area contributed by atoms with E-state index in [0.717, 1.165) is 0 Å². The van der Waals surface area contributed by atoms with E-state index in [1.54, 1.807) is 31.2 Å². The smallest absolute Gasteiger partial charge is 0.290 e. The van der Waals surface area contributed by atoms with Gasteiger partial charge in [-0.3, -0.25) is 25.2 Å². The molecule has 0 aliphatic heterocycles. The van der Waals surface area contributed by atoms with Gasteiger partial charge >= 0.3 is 0 Å². The van der Waals surface area contributed by atoms with Crippen LogP contribution in [0.5, 0.6) is 11.5 Å². The second-order valence-electron chi connectivity index (χ2n) is 5.89. The monoisotopic (exact) mass is 388 g/mol. The minimum atomic E-state index is -0.847. The Morgan fingerprint density at radius 2 is 1.75 bits per heavy atom. The molecule has 0 fully saturated rings. The van der Waals surface area contributed by atoms with E-state index in [4.69, 9.17) is 9.47 Å². The lowest BCUT2D eigenvalue weighted by Crippen LogP contribution is -2.47. The number of aromatic nitrogens is 2. The molecule has 0 aliphatic carbocycles. The van der Waals surface area contributed by atoms with Gasteiger partial charge in [-0.1, -0.05) is 6.92 Å². The Kier molecular flexibility index (Phi) is 7.55. The molecule has 2 rings (SSSR count). The summed E-state index contributed by atoms with van der Waals surface area (Å²) in [6.45, 7) is 6.30. The van der Waals surface area contributed by atoms with Gasteiger partial charge in [-0.25, -0.2) is 4.68 Å². The average Bonchev–Trinajstić information content (AvgIpc) is 2.69. The standard InChI is InChI=1S/C19H24N4O5/c1-4-12-23-17(24)11-10-16(22-23)19(26)21-20-18(25)13(3)28-15-8-6-14(7-9-15)27-5-2/h6-11,13H,4-5,12H2,1-3H3,(H,20,25)(H,21,26). The largest absolute Gasteiger partial charge is 0.494 e. The molecule has 1 heterocycles. The molecular formula is C19H24N4O5. The highest BCUT2D eigenvalue weighted by Crippen LogP contribution is 2.18. The van der Waals surface area contributed by atoms with Crippen LogP contribution in [-0.4, -0.2) is 34.3 Å². The summed E-state index contributed by atoms with van der Waals surface area (Å²) in [5, 5.41) is 3.97. The average molecular weight is 388 g/mol. The van der Waals surface area contributed by atoms with Crippen LogP contribution < -0.4 is 25.9 Å². The third kappa shape index (κ3) is 5.83. The van der Waals surface area contributed by atoms with Crippen molar-refractivity contribution in [1.82, 2.24) is 20.6 Å². The molecule has 2 N–H and O–H groups in total. The summed E-state index contributed by atoms with van der Waals surface area (Å²) in [5.41, 5.74) is 4.28. The zero-order valence-corrected chi connectivity index (χ0v) is 16.1. The molecule has 9 heteroatoms. The Hall–Kier alpha value is -3.36. The molecule has 0 aliphatic rings. The van der Waals surface area contributed by atoms with Crippen molar-refractivity contribution >= 4 is 11.8 Å². The van der Waals surface area contributed by atoms with Crippen molar-refractivity contribution in [3.05, 3.63) is 52.4 Å². The Morgan fingerprint density at radius 3 is 2.39 bits per heavy atom. The topological polar surface area (TPSA) is 112 Å². The third-order valence-corrected chi connectivity index (χ3v) is 3.65. The summed E-state index contributed by atoms with van der Waals surface area (Å²) in [7, 11) is 0. The van der Waals surface area contributed by atoms with E-state index in [0.29, 0.717) is 31.1 Å². The van der Waals surface area contributed by atoms with Gasteiger partial charge in [0.1, 0.15) is 11.5 Å². The number of hydrogen-bond acceptors (Lipinski definition) is 6. The van der Waals surface area contributed by atoms with Crippen LogP contribution in [-0.2, 0) is 11.3 Å². The van der Waals surface area contributed by atoms with Crippen LogP contribution in [0, 0.1) is 0 Å². The second-order valence-corrected chi connectivity index (χ2v) is 5.89. The van der Waals surface area contributed by atoms with Gasteiger partial charge in [-0.2, -0.15) is 5.10 Å². The maximum atomic E-state index is 12.1. The number of amides is 2. The predicted octanol–water partition coefficient (Wildman–Crippen LogP) is 1.28. The molecule has 0 radical (unpaired) electrons. The van der Waals surface area contributed by atoms with E-state index < -0.39 is 17.9 Å². The molecule has 150 valence electrons. The van der Waals surface area contributed by atoms with Gasteiger partial charge in [-0.15, -0.1) is 0 Å².